The van der Waals surface area contributed by atoms with Crippen LogP contribution in [0.2, 0.25) is 0 Å². The van der Waals surface area contributed by atoms with E-state index in [-0.39, 0.29) is 17.6 Å². The van der Waals surface area contributed by atoms with E-state index in [2.05, 4.69) is 34.5 Å². The summed E-state index contributed by atoms with van der Waals surface area (Å²) in [7, 11) is 0. The van der Waals surface area contributed by atoms with Crippen LogP contribution >= 0.6 is 11.3 Å². The second-order valence-electron chi connectivity index (χ2n) is 7.07. The van der Waals surface area contributed by atoms with Crippen LogP contribution in [-0.4, -0.2) is 23.9 Å². The number of fused-ring (bicyclic) bond motifs is 1. The van der Waals surface area contributed by atoms with Gasteiger partial charge in [0, 0.05) is 40.8 Å². The van der Waals surface area contributed by atoms with Crippen molar-refractivity contribution in [1.82, 2.24) is 5.32 Å². The molecule has 0 radical (unpaired) electrons. The van der Waals surface area contributed by atoms with Crippen LogP contribution in [0.15, 0.2) is 60.0 Å². The summed E-state index contributed by atoms with van der Waals surface area (Å²) in [6.07, 6.45) is 0.982. The maximum atomic E-state index is 12.7. The summed E-state index contributed by atoms with van der Waals surface area (Å²) in [4.78, 5) is 26.9. The third-order valence-corrected chi connectivity index (χ3v) is 6.27. The van der Waals surface area contributed by atoms with Gasteiger partial charge in [0.15, 0.2) is 0 Å². The van der Waals surface area contributed by atoms with Gasteiger partial charge in [0.25, 0.3) is 11.6 Å². The monoisotopic (exact) mass is 407 g/mol. The molecule has 2 aromatic carbocycles. The van der Waals surface area contributed by atoms with Gasteiger partial charge in [0.05, 0.1) is 11.0 Å². The Morgan fingerprint density at radius 1 is 1.24 bits per heavy atom. The summed E-state index contributed by atoms with van der Waals surface area (Å²) < 4.78 is 0. The molecule has 1 aliphatic rings. The Kier molecular flexibility index (Phi) is 5.31. The Morgan fingerprint density at radius 2 is 2.07 bits per heavy atom. The molecule has 1 aromatic heterocycles. The van der Waals surface area contributed by atoms with Crippen molar-refractivity contribution in [1.29, 1.82) is 0 Å². The first-order valence-electron chi connectivity index (χ1n) is 9.46. The van der Waals surface area contributed by atoms with Gasteiger partial charge in [-0.25, -0.2) is 0 Å². The molecule has 0 unspecified atom stereocenters. The topological polar surface area (TPSA) is 75.5 Å². The molecule has 2 heterocycles. The first-order chi connectivity index (χ1) is 14.0. The number of nitro benzene ring substituents is 1. The summed E-state index contributed by atoms with van der Waals surface area (Å²) >= 11 is 1.67. The zero-order valence-electron chi connectivity index (χ0n) is 16.0. The number of carbonyl (C=O) groups is 1. The third-order valence-electron chi connectivity index (χ3n) is 5.29. The fraction of sp³-hybridized carbons (Fsp3) is 0.227. The Labute approximate surface area is 172 Å². The molecule has 3 aromatic rings. The molecule has 1 amide bonds. The SMILES string of the molecule is Cc1ccc(C(=O)NC[C@@H](c2cccs2)N2CCc3ccccc32)cc1[N+](=O)[O-]. The van der Waals surface area contributed by atoms with Gasteiger partial charge in [-0.2, -0.15) is 0 Å². The smallest absolute Gasteiger partial charge is 0.273 e. The standard InChI is InChI=1S/C22H21N3O3S/c1-15-8-9-17(13-19(15)25(27)28)22(26)23-14-20(21-7-4-12-29-21)24-11-10-16-5-2-3-6-18(16)24/h2-9,12-13,20H,10-11,14H2,1H3,(H,23,26)/t20-/m0/s1. The second kappa shape index (κ2) is 8.05. The Hall–Kier alpha value is -3.19. The molecule has 148 valence electrons. The van der Waals surface area contributed by atoms with Crippen molar-refractivity contribution in [3.05, 3.63) is 91.7 Å². The number of benzene rings is 2. The van der Waals surface area contributed by atoms with Crippen LogP contribution in [0.25, 0.3) is 0 Å². The number of nitrogens with zero attached hydrogens (tertiary/aromatic N) is 2. The molecule has 0 saturated heterocycles. The van der Waals surface area contributed by atoms with Gasteiger partial charge in [-0.1, -0.05) is 30.3 Å². The molecule has 1 atom stereocenters. The van der Waals surface area contributed by atoms with E-state index in [1.165, 1.54) is 22.2 Å². The van der Waals surface area contributed by atoms with Crippen molar-refractivity contribution in [3.63, 3.8) is 0 Å². The van der Waals surface area contributed by atoms with Crippen molar-refractivity contribution in [3.8, 4) is 0 Å². The number of para-hydroxylation sites is 1. The lowest BCUT2D eigenvalue weighted by Crippen LogP contribution is -2.37. The van der Waals surface area contributed by atoms with Crippen LogP contribution in [0.5, 0.6) is 0 Å². The average molecular weight is 407 g/mol. The molecule has 0 spiro atoms. The van der Waals surface area contributed by atoms with Gasteiger partial charge >= 0.3 is 0 Å². The highest BCUT2D eigenvalue weighted by Gasteiger charge is 2.28. The lowest BCUT2D eigenvalue weighted by atomic mass is 10.1. The van der Waals surface area contributed by atoms with Crippen molar-refractivity contribution in [2.75, 3.05) is 18.0 Å². The number of carbonyl (C=O) groups excluding carboxylic acids is 1. The molecular formula is C22H21N3O3S. The van der Waals surface area contributed by atoms with E-state index < -0.39 is 4.92 Å². The van der Waals surface area contributed by atoms with Crippen LogP contribution in [0.4, 0.5) is 11.4 Å². The van der Waals surface area contributed by atoms with E-state index in [0.29, 0.717) is 17.7 Å². The van der Waals surface area contributed by atoms with Crippen LogP contribution < -0.4 is 10.2 Å². The van der Waals surface area contributed by atoms with Crippen molar-refractivity contribution in [2.24, 2.45) is 0 Å². The van der Waals surface area contributed by atoms with E-state index in [0.717, 1.165) is 13.0 Å². The summed E-state index contributed by atoms with van der Waals surface area (Å²) in [6.45, 7) is 2.99. The number of anilines is 1. The van der Waals surface area contributed by atoms with Gasteiger partial charge < -0.3 is 10.2 Å². The minimum Gasteiger partial charge on any atom is -0.361 e. The number of rotatable bonds is 6. The molecule has 0 aliphatic carbocycles. The summed E-state index contributed by atoms with van der Waals surface area (Å²) in [6, 6.07) is 17.0. The summed E-state index contributed by atoms with van der Waals surface area (Å²) in [5, 5.41) is 16.2. The third kappa shape index (κ3) is 3.86. The van der Waals surface area contributed by atoms with Crippen LogP contribution in [0, 0.1) is 17.0 Å². The molecule has 29 heavy (non-hydrogen) atoms. The van der Waals surface area contributed by atoms with E-state index in [1.54, 1.807) is 30.4 Å². The fourth-order valence-electron chi connectivity index (χ4n) is 3.77. The van der Waals surface area contributed by atoms with Gasteiger partial charge in [0.2, 0.25) is 0 Å². The van der Waals surface area contributed by atoms with Gasteiger partial charge in [-0.3, -0.25) is 14.9 Å². The molecule has 0 saturated carbocycles. The lowest BCUT2D eigenvalue weighted by molar-refractivity contribution is -0.385. The molecule has 6 nitrogen and oxygen atoms in total. The maximum absolute atomic E-state index is 12.7. The predicted octanol–water partition coefficient (Wildman–Crippen LogP) is 4.50. The van der Waals surface area contributed by atoms with E-state index in [4.69, 9.17) is 0 Å². The number of nitrogens with one attached hydrogen (secondary N) is 1. The van der Waals surface area contributed by atoms with Gasteiger partial charge in [0.1, 0.15) is 0 Å². The normalized spacial score (nSPS) is 13.8. The maximum Gasteiger partial charge on any atom is 0.273 e. The number of hydrogen-bond donors (Lipinski definition) is 1. The second-order valence-corrected chi connectivity index (χ2v) is 8.05. The molecule has 1 N–H and O–H groups in total. The Morgan fingerprint density at radius 3 is 2.83 bits per heavy atom. The highest BCUT2D eigenvalue weighted by atomic mass is 32.1. The van der Waals surface area contributed by atoms with E-state index >= 15 is 0 Å². The molecule has 1 aliphatic heterocycles. The van der Waals surface area contributed by atoms with E-state index in [9.17, 15) is 14.9 Å². The van der Waals surface area contributed by atoms with Crippen molar-refractivity contribution in [2.45, 2.75) is 19.4 Å². The highest BCUT2D eigenvalue weighted by Crippen LogP contribution is 2.36. The number of amides is 1. The Balaban J connectivity index is 1.55. The van der Waals surface area contributed by atoms with Crippen LogP contribution in [0.3, 0.4) is 0 Å². The predicted molar refractivity (Wildman–Crippen MR) is 115 cm³/mol. The van der Waals surface area contributed by atoms with Gasteiger partial charge in [-0.05, 0) is 42.5 Å². The molecule has 7 heteroatoms. The quantitative estimate of drug-likeness (QED) is 0.482. The Bertz CT molecular complexity index is 1050. The van der Waals surface area contributed by atoms with Crippen LogP contribution in [0.1, 0.15) is 32.4 Å². The number of nitro groups is 1. The first-order valence-corrected chi connectivity index (χ1v) is 10.3. The molecular weight excluding hydrogens is 386 g/mol. The largest absolute Gasteiger partial charge is 0.361 e. The van der Waals surface area contributed by atoms with Gasteiger partial charge in [-0.15, -0.1) is 11.3 Å². The summed E-state index contributed by atoms with van der Waals surface area (Å²) in [5.41, 5.74) is 3.31. The van der Waals surface area contributed by atoms with Crippen molar-refractivity contribution < 1.29 is 9.72 Å². The zero-order chi connectivity index (χ0) is 20.4. The molecule has 0 bridgehead atoms. The lowest BCUT2D eigenvalue weighted by Gasteiger charge is -2.30. The van der Waals surface area contributed by atoms with Crippen molar-refractivity contribution >= 4 is 28.6 Å². The van der Waals surface area contributed by atoms with E-state index in [1.807, 2.05) is 17.5 Å². The average Bonchev–Trinajstić information content (AvgIpc) is 3.39. The highest BCUT2D eigenvalue weighted by molar-refractivity contribution is 7.10. The number of thiophene rings is 1. The molecule has 4 rings (SSSR count). The minimum atomic E-state index is -0.457. The van der Waals surface area contributed by atoms with Crippen LogP contribution in [-0.2, 0) is 6.42 Å². The number of aryl methyl sites for hydroxylation is 1. The molecule has 0 fully saturated rings. The number of hydrogen-bond acceptors (Lipinski definition) is 5. The minimum absolute atomic E-state index is 0.0167. The fourth-order valence-corrected chi connectivity index (χ4v) is 4.61. The summed E-state index contributed by atoms with van der Waals surface area (Å²) in [5.74, 6) is -0.304. The zero-order valence-corrected chi connectivity index (χ0v) is 16.8. The first kappa shape index (κ1) is 19.1.